The highest BCUT2D eigenvalue weighted by molar-refractivity contribution is 6.35. The second-order valence-electron chi connectivity index (χ2n) is 4.37. The van der Waals surface area contributed by atoms with E-state index in [9.17, 15) is 4.79 Å². The summed E-state index contributed by atoms with van der Waals surface area (Å²) >= 11 is 11.8. The van der Waals surface area contributed by atoms with Gasteiger partial charge in [-0.25, -0.2) is 0 Å². The summed E-state index contributed by atoms with van der Waals surface area (Å²) in [6, 6.07) is 5.31. The zero-order valence-electron chi connectivity index (χ0n) is 10.8. The smallest absolute Gasteiger partial charge is 0.220 e. The van der Waals surface area contributed by atoms with Crippen molar-refractivity contribution < 1.29 is 9.90 Å². The minimum Gasteiger partial charge on any atom is -0.396 e. The number of hydrogen-bond donors (Lipinski definition) is 2. The molecule has 0 saturated heterocycles. The number of benzene rings is 1. The summed E-state index contributed by atoms with van der Waals surface area (Å²) in [6.07, 6.45) is 3.64. The van der Waals surface area contributed by atoms with Crippen LogP contribution in [-0.2, 0) is 11.2 Å². The lowest BCUT2D eigenvalue weighted by molar-refractivity contribution is -0.121. The van der Waals surface area contributed by atoms with Crippen molar-refractivity contribution in [3.05, 3.63) is 33.8 Å². The molecule has 19 heavy (non-hydrogen) atoms. The number of rotatable bonds is 8. The van der Waals surface area contributed by atoms with Gasteiger partial charge in [-0.3, -0.25) is 4.79 Å². The lowest BCUT2D eigenvalue weighted by Crippen LogP contribution is -2.24. The van der Waals surface area contributed by atoms with E-state index in [1.54, 1.807) is 12.1 Å². The Morgan fingerprint density at radius 1 is 1.21 bits per heavy atom. The first-order valence-corrected chi connectivity index (χ1v) is 7.20. The lowest BCUT2D eigenvalue weighted by Gasteiger charge is -2.06. The van der Waals surface area contributed by atoms with E-state index in [4.69, 9.17) is 28.3 Å². The van der Waals surface area contributed by atoms with Gasteiger partial charge in [-0.2, -0.15) is 0 Å². The van der Waals surface area contributed by atoms with Crippen LogP contribution in [0.4, 0.5) is 0 Å². The van der Waals surface area contributed by atoms with Crippen molar-refractivity contribution in [1.29, 1.82) is 0 Å². The number of carbonyl (C=O) groups excluding carboxylic acids is 1. The number of nitrogens with one attached hydrogen (secondary N) is 1. The predicted molar refractivity (Wildman–Crippen MR) is 78.7 cm³/mol. The van der Waals surface area contributed by atoms with Gasteiger partial charge in [-0.05, 0) is 43.4 Å². The number of aryl methyl sites for hydroxylation is 1. The minimum atomic E-state index is 0.0232. The van der Waals surface area contributed by atoms with Crippen molar-refractivity contribution >= 4 is 29.1 Å². The van der Waals surface area contributed by atoms with Crippen molar-refractivity contribution in [3.8, 4) is 0 Å². The van der Waals surface area contributed by atoms with Crippen LogP contribution >= 0.6 is 23.2 Å². The molecule has 0 fully saturated rings. The van der Waals surface area contributed by atoms with E-state index in [2.05, 4.69) is 5.32 Å². The summed E-state index contributed by atoms with van der Waals surface area (Å²) in [5, 5.41) is 12.7. The Kier molecular flexibility index (Phi) is 7.87. The van der Waals surface area contributed by atoms with Gasteiger partial charge < -0.3 is 10.4 Å². The molecule has 0 aliphatic carbocycles. The number of aliphatic hydroxyl groups is 1. The Morgan fingerprint density at radius 2 is 2.00 bits per heavy atom. The second kappa shape index (κ2) is 9.18. The van der Waals surface area contributed by atoms with Gasteiger partial charge in [-0.15, -0.1) is 0 Å². The first-order chi connectivity index (χ1) is 9.13. The molecule has 5 heteroatoms. The van der Waals surface area contributed by atoms with Crippen LogP contribution in [0.5, 0.6) is 0 Å². The average Bonchev–Trinajstić information content (AvgIpc) is 2.37. The summed E-state index contributed by atoms with van der Waals surface area (Å²) in [6.45, 7) is 0.871. The molecule has 0 atom stereocenters. The highest BCUT2D eigenvalue weighted by Crippen LogP contribution is 2.21. The average molecular weight is 304 g/mol. The molecule has 1 aromatic rings. The maximum absolute atomic E-state index is 11.6. The standard InChI is InChI=1S/C14H19Cl2NO2/c15-12-6-4-11(13(16)10-12)5-7-14(19)17-8-2-1-3-9-18/h4,6,10,18H,1-3,5,7-9H2,(H,17,19). The topological polar surface area (TPSA) is 49.3 Å². The normalized spacial score (nSPS) is 10.5. The first kappa shape index (κ1) is 16.3. The number of halogens is 2. The summed E-state index contributed by atoms with van der Waals surface area (Å²) in [7, 11) is 0. The van der Waals surface area contributed by atoms with Crippen LogP contribution < -0.4 is 5.32 Å². The number of unbranched alkanes of at least 4 members (excludes halogenated alkanes) is 2. The van der Waals surface area contributed by atoms with Crippen molar-refractivity contribution in [2.24, 2.45) is 0 Å². The van der Waals surface area contributed by atoms with Crippen molar-refractivity contribution in [2.75, 3.05) is 13.2 Å². The molecule has 106 valence electrons. The number of carbonyl (C=O) groups is 1. The Labute approximate surface area is 123 Å². The summed E-state index contributed by atoms with van der Waals surface area (Å²) in [5.74, 6) is 0.0232. The van der Waals surface area contributed by atoms with Gasteiger partial charge in [0.15, 0.2) is 0 Å². The molecule has 0 aromatic heterocycles. The van der Waals surface area contributed by atoms with Gasteiger partial charge in [0, 0.05) is 29.6 Å². The third-order valence-corrected chi connectivity index (χ3v) is 3.38. The SMILES string of the molecule is O=C(CCc1ccc(Cl)cc1Cl)NCCCCCO. The van der Waals surface area contributed by atoms with E-state index in [1.807, 2.05) is 6.07 Å². The third kappa shape index (κ3) is 6.81. The Balaban J connectivity index is 2.22. The molecule has 1 rings (SSSR count). The summed E-state index contributed by atoms with van der Waals surface area (Å²) < 4.78 is 0. The predicted octanol–water partition coefficient (Wildman–Crippen LogP) is 3.20. The molecular weight excluding hydrogens is 285 g/mol. The zero-order chi connectivity index (χ0) is 14.1. The van der Waals surface area contributed by atoms with Crippen molar-refractivity contribution in [3.63, 3.8) is 0 Å². The van der Waals surface area contributed by atoms with E-state index >= 15 is 0 Å². The van der Waals surface area contributed by atoms with E-state index in [1.165, 1.54) is 0 Å². The molecule has 0 bridgehead atoms. The molecule has 0 saturated carbocycles. The molecule has 0 heterocycles. The fraction of sp³-hybridized carbons (Fsp3) is 0.500. The third-order valence-electron chi connectivity index (χ3n) is 2.79. The number of hydrogen-bond acceptors (Lipinski definition) is 2. The van der Waals surface area contributed by atoms with Gasteiger partial charge in [0.05, 0.1) is 0 Å². The van der Waals surface area contributed by atoms with Crippen LogP contribution in [0.15, 0.2) is 18.2 Å². The monoisotopic (exact) mass is 303 g/mol. The quantitative estimate of drug-likeness (QED) is 0.725. The molecule has 0 unspecified atom stereocenters. The fourth-order valence-corrected chi connectivity index (χ4v) is 2.21. The lowest BCUT2D eigenvalue weighted by atomic mass is 10.1. The second-order valence-corrected chi connectivity index (χ2v) is 5.21. The van der Waals surface area contributed by atoms with Crippen LogP contribution in [0.2, 0.25) is 10.0 Å². The molecule has 0 radical (unpaired) electrons. The first-order valence-electron chi connectivity index (χ1n) is 6.45. The van der Waals surface area contributed by atoms with E-state index in [-0.39, 0.29) is 12.5 Å². The molecule has 2 N–H and O–H groups in total. The van der Waals surface area contributed by atoms with E-state index in [0.717, 1.165) is 24.8 Å². The van der Waals surface area contributed by atoms with Crippen LogP contribution in [0.1, 0.15) is 31.2 Å². The highest BCUT2D eigenvalue weighted by Gasteiger charge is 2.05. The summed E-state index contributed by atoms with van der Waals surface area (Å²) in [4.78, 5) is 11.6. The fourth-order valence-electron chi connectivity index (χ4n) is 1.70. The van der Waals surface area contributed by atoms with Gasteiger partial charge in [-0.1, -0.05) is 29.3 Å². The Morgan fingerprint density at radius 3 is 2.68 bits per heavy atom. The molecule has 0 aliphatic heterocycles. The van der Waals surface area contributed by atoms with Gasteiger partial charge >= 0.3 is 0 Å². The molecule has 1 amide bonds. The van der Waals surface area contributed by atoms with Crippen LogP contribution in [0.3, 0.4) is 0 Å². The van der Waals surface area contributed by atoms with E-state index < -0.39 is 0 Å². The van der Waals surface area contributed by atoms with E-state index in [0.29, 0.717) is 29.4 Å². The number of amides is 1. The highest BCUT2D eigenvalue weighted by atomic mass is 35.5. The van der Waals surface area contributed by atoms with Crippen LogP contribution in [0.25, 0.3) is 0 Å². The van der Waals surface area contributed by atoms with Gasteiger partial charge in [0.2, 0.25) is 5.91 Å². The summed E-state index contributed by atoms with van der Waals surface area (Å²) in [5.41, 5.74) is 0.932. The molecular formula is C14H19Cl2NO2. The largest absolute Gasteiger partial charge is 0.396 e. The molecule has 1 aromatic carbocycles. The Bertz CT molecular complexity index is 410. The van der Waals surface area contributed by atoms with Gasteiger partial charge in [0.25, 0.3) is 0 Å². The maximum Gasteiger partial charge on any atom is 0.220 e. The van der Waals surface area contributed by atoms with Crippen LogP contribution in [0, 0.1) is 0 Å². The number of aliphatic hydroxyl groups excluding tert-OH is 1. The Hall–Kier alpha value is -0.770. The molecule has 3 nitrogen and oxygen atoms in total. The minimum absolute atomic E-state index is 0.0232. The van der Waals surface area contributed by atoms with Crippen molar-refractivity contribution in [2.45, 2.75) is 32.1 Å². The maximum atomic E-state index is 11.6. The van der Waals surface area contributed by atoms with Crippen molar-refractivity contribution in [1.82, 2.24) is 5.32 Å². The molecule has 0 aliphatic rings. The van der Waals surface area contributed by atoms with Gasteiger partial charge in [0.1, 0.15) is 0 Å². The molecule has 0 spiro atoms. The zero-order valence-corrected chi connectivity index (χ0v) is 12.3. The van der Waals surface area contributed by atoms with Crippen LogP contribution in [-0.4, -0.2) is 24.2 Å².